The molecule has 1 aromatic carbocycles. The standard InChI is InChI=1S/C12H15NO2/c1-3-11(14)13-9(2)12(15)10-7-5-4-6-8-10/h3-9,12,15H,1H2,2H3,(H,13,14)/t9-,12+/m1/s1. The molecule has 2 N–H and O–H groups in total. The van der Waals surface area contributed by atoms with Gasteiger partial charge in [-0.05, 0) is 18.6 Å². The highest BCUT2D eigenvalue weighted by Crippen LogP contribution is 2.15. The third-order valence-corrected chi connectivity index (χ3v) is 2.17. The molecule has 0 spiro atoms. The van der Waals surface area contributed by atoms with Crippen molar-refractivity contribution in [2.24, 2.45) is 0 Å². The van der Waals surface area contributed by atoms with Crippen molar-refractivity contribution in [3.05, 3.63) is 48.6 Å². The number of nitrogens with one attached hydrogen (secondary N) is 1. The van der Waals surface area contributed by atoms with Gasteiger partial charge in [-0.1, -0.05) is 36.9 Å². The first kappa shape index (κ1) is 11.5. The molecule has 0 aliphatic carbocycles. The quantitative estimate of drug-likeness (QED) is 0.730. The SMILES string of the molecule is C=CC(=O)N[C@H](C)[C@H](O)c1ccccc1. The lowest BCUT2D eigenvalue weighted by Gasteiger charge is -2.19. The maximum atomic E-state index is 11.0. The molecule has 0 aliphatic heterocycles. The summed E-state index contributed by atoms with van der Waals surface area (Å²) < 4.78 is 0. The van der Waals surface area contributed by atoms with Crippen LogP contribution in [0.1, 0.15) is 18.6 Å². The molecule has 0 radical (unpaired) electrons. The average molecular weight is 205 g/mol. The second-order valence-electron chi connectivity index (χ2n) is 3.36. The van der Waals surface area contributed by atoms with E-state index in [-0.39, 0.29) is 11.9 Å². The van der Waals surface area contributed by atoms with Crippen LogP contribution < -0.4 is 5.32 Å². The van der Waals surface area contributed by atoms with Crippen LogP contribution in [0.4, 0.5) is 0 Å². The topological polar surface area (TPSA) is 49.3 Å². The number of carbonyl (C=O) groups is 1. The van der Waals surface area contributed by atoms with Gasteiger partial charge in [-0.3, -0.25) is 4.79 Å². The summed E-state index contributed by atoms with van der Waals surface area (Å²) in [6.45, 7) is 5.10. The van der Waals surface area contributed by atoms with Crippen molar-refractivity contribution in [1.82, 2.24) is 5.32 Å². The Kier molecular flexibility index (Phi) is 4.06. The predicted octanol–water partition coefficient (Wildman–Crippen LogP) is 1.41. The Morgan fingerprint density at radius 3 is 2.60 bits per heavy atom. The highest BCUT2D eigenvalue weighted by molar-refractivity contribution is 5.87. The fourth-order valence-corrected chi connectivity index (χ4v) is 1.30. The van der Waals surface area contributed by atoms with Gasteiger partial charge in [0.05, 0.1) is 12.1 Å². The lowest BCUT2D eigenvalue weighted by Crippen LogP contribution is -2.35. The maximum Gasteiger partial charge on any atom is 0.243 e. The number of aliphatic hydroxyl groups is 1. The van der Waals surface area contributed by atoms with Crippen molar-refractivity contribution in [2.45, 2.75) is 19.1 Å². The van der Waals surface area contributed by atoms with E-state index in [0.29, 0.717) is 0 Å². The predicted molar refractivity (Wildman–Crippen MR) is 59.2 cm³/mol. The molecule has 1 amide bonds. The number of carbonyl (C=O) groups excluding carboxylic acids is 1. The van der Waals surface area contributed by atoms with Crippen LogP contribution in [0.15, 0.2) is 43.0 Å². The average Bonchev–Trinajstić information content (AvgIpc) is 2.29. The lowest BCUT2D eigenvalue weighted by atomic mass is 10.0. The first-order valence-electron chi connectivity index (χ1n) is 4.81. The largest absolute Gasteiger partial charge is 0.386 e. The number of rotatable bonds is 4. The normalized spacial score (nSPS) is 14.0. The second kappa shape index (κ2) is 5.32. The van der Waals surface area contributed by atoms with E-state index < -0.39 is 6.10 Å². The summed E-state index contributed by atoms with van der Waals surface area (Å²) >= 11 is 0. The van der Waals surface area contributed by atoms with Gasteiger partial charge >= 0.3 is 0 Å². The number of amides is 1. The van der Waals surface area contributed by atoms with Gasteiger partial charge in [0.15, 0.2) is 0 Å². The van der Waals surface area contributed by atoms with Crippen LogP contribution in [-0.2, 0) is 4.79 Å². The van der Waals surface area contributed by atoms with Gasteiger partial charge in [0.25, 0.3) is 0 Å². The Morgan fingerprint density at radius 1 is 1.47 bits per heavy atom. The van der Waals surface area contributed by atoms with E-state index in [4.69, 9.17) is 0 Å². The summed E-state index contributed by atoms with van der Waals surface area (Å²) in [4.78, 5) is 11.0. The molecule has 2 atom stereocenters. The molecule has 0 aliphatic rings. The fourth-order valence-electron chi connectivity index (χ4n) is 1.30. The lowest BCUT2D eigenvalue weighted by molar-refractivity contribution is -0.117. The molecule has 0 saturated heterocycles. The Bertz CT molecular complexity index is 335. The van der Waals surface area contributed by atoms with Gasteiger partial charge in [-0.25, -0.2) is 0 Å². The molecule has 80 valence electrons. The maximum absolute atomic E-state index is 11.0. The van der Waals surface area contributed by atoms with E-state index in [1.54, 1.807) is 6.92 Å². The first-order chi connectivity index (χ1) is 7.15. The summed E-state index contributed by atoms with van der Waals surface area (Å²) in [5, 5.41) is 12.5. The van der Waals surface area contributed by atoms with Crippen LogP contribution in [0.2, 0.25) is 0 Å². The molecule has 0 bridgehead atoms. The summed E-state index contributed by atoms with van der Waals surface area (Å²) in [5.41, 5.74) is 0.786. The summed E-state index contributed by atoms with van der Waals surface area (Å²) in [6, 6.07) is 8.88. The van der Waals surface area contributed by atoms with Crippen LogP contribution >= 0.6 is 0 Å². The Balaban J connectivity index is 2.64. The monoisotopic (exact) mass is 205 g/mol. The van der Waals surface area contributed by atoms with E-state index in [1.807, 2.05) is 30.3 Å². The molecule has 1 rings (SSSR count). The molecule has 0 unspecified atom stereocenters. The molecular formula is C12H15NO2. The zero-order valence-corrected chi connectivity index (χ0v) is 8.68. The van der Waals surface area contributed by atoms with Gasteiger partial charge in [0.2, 0.25) is 5.91 Å². The third-order valence-electron chi connectivity index (χ3n) is 2.17. The molecule has 0 saturated carbocycles. The number of benzene rings is 1. The number of hydrogen-bond donors (Lipinski definition) is 2. The van der Waals surface area contributed by atoms with Crippen LogP contribution in [0.3, 0.4) is 0 Å². The molecule has 0 aromatic heterocycles. The minimum Gasteiger partial charge on any atom is -0.386 e. The Labute approximate surface area is 89.4 Å². The zero-order valence-electron chi connectivity index (χ0n) is 8.68. The van der Waals surface area contributed by atoms with Gasteiger partial charge in [0, 0.05) is 0 Å². The van der Waals surface area contributed by atoms with Crippen LogP contribution in [0.5, 0.6) is 0 Å². The summed E-state index contributed by atoms with van der Waals surface area (Å²) in [5.74, 6) is -0.280. The van der Waals surface area contributed by atoms with Gasteiger partial charge < -0.3 is 10.4 Å². The minimum atomic E-state index is -0.699. The molecule has 3 nitrogen and oxygen atoms in total. The first-order valence-corrected chi connectivity index (χ1v) is 4.81. The fraction of sp³-hybridized carbons (Fsp3) is 0.250. The molecular weight excluding hydrogens is 190 g/mol. The van der Waals surface area contributed by atoms with E-state index in [9.17, 15) is 9.90 Å². The smallest absolute Gasteiger partial charge is 0.243 e. The van der Waals surface area contributed by atoms with Crippen molar-refractivity contribution in [3.8, 4) is 0 Å². The van der Waals surface area contributed by atoms with Gasteiger partial charge in [-0.15, -0.1) is 0 Å². The summed E-state index contributed by atoms with van der Waals surface area (Å²) in [6.07, 6.45) is 0.490. The molecule has 15 heavy (non-hydrogen) atoms. The van der Waals surface area contributed by atoms with Crippen molar-refractivity contribution in [1.29, 1.82) is 0 Å². The zero-order chi connectivity index (χ0) is 11.3. The van der Waals surface area contributed by atoms with Gasteiger partial charge in [0.1, 0.15) is 0 Å². The van der Waals surface area contributed by atoms with Crippen molar-refractivity contribution in [3.63, 3.8) is 0 Å². The minimum absolute atomic E-state index is 0.280. The van der Waals surface area contributed by atoms with E-state index >= 15 is 0 Å². The molecule has 3 heteroatoms. The van der Waals surface area contributed by atoms with E-state index in [0.717, 1.165) is 5.56 Å². The number of aliphatic hydroxyl groups excluding tert-OH is 1. The summed E-state index contributed by atoms with van der Waals surface area (Å²) in [7, 11) is 0. The molecule has 0 fully saturated rings. The Morgan fingerprint density at radius 2 is 2.07 bits per heavy atom. The van der Waals surface area contributed by atoms with Crippen molar-refractivity contribution in [2.75, 3.05) is 0 Å². The number of hydrogen-bond acceptors (Lipinski definition) is 2. The highest BCUT2D eigenvalue weighted by atomic mass is 16.3. The van der Waals surface area contributed by atoms with E-state index in [2.05, 4.69) is 11.9 Å². The van der Waals surface area contributed by atoms with Crippen molar-refractivity contribution < 1.29 is 9.90 Å². The van der Waals surface area contributed by atoms with E-state index in [1.165, 1.54) is 6.08 Å². The van der Waals surface area contributed by atoms with Crippen LogP contribution in [0.25, 0.3) is 0 Å². The van der Waals surface area contributed by atoms with Crippen LogP contribution in [-0.4, -0.2) is 17.1 Å². The Hall–Kier alpha value is -1.61. The highest BCUT2D eigenvalue weighted by Gasteiger charge is 2.16. The van der Waals surface area contributed by atoms with Crippen molar-refractivity contribution >= 4 is 5.91 Å². The van der Waals surface area contributed by atoms with Gasteiger partial charge in [-0.2, -0.15) is 0 Å². The van der Waals surface area contributed by atoms with Crippen LogP contribution in [0, 0.1) is 0 Å². The second-order valence-corrected chi connectivity index (χ2v) is 3.36. The third kappa shape index (κ3) is 3.22. The molecule has 1 aromatic rings. The molecule has 0 heterocycles.